The Labute approximate surface area is 305 Å². The maximum absolute atomic E-state index is 14.0. The molecule has 1 fully saturated rings. The van der Waals surface area contributed by atoms with Crippen LogP contribution >= 0.6 is 23.1 Å². The number of aliphatic hydroxyl groups is 1. The van der Waals surface area contributed by atoms with E-state index in [0.717, 1.165) is 34.1 Å². The van der Waals surface area contributed by atoms with Crippen molar-refractivity contribution in [3.05, 3.63) is 107 Å². The third kappa shape index (κ3) is 7.05. The van der Waals surface area contributed by atoms with Crippen LogP contribution in [-0.2, 0) is 21.8 Å². The van der Waals surface area contributed by atoms with E-state index in [1.807, 2.05) is 38.1 Å². The molecule has 0 bridgehead atoms. The number of rotatable bonds is 12. The van der Waals surface area contributed by atoms with Crippen LogP contribution in [0, 0.1) is 5.92 Å². The Morgan fingerprint density at radius 3 is 2.67 bits per heavy atom. The Kier molecular flexibility index (Phi) is 10.0. The summed E-state index contributed by atoms with van der Waals surface area (Å²) in [6.45, 7) is 9.03. The van der Waals surface area contributed by atoms with Crippen LogP contribution in [0.3, 0.4) is 0 Å². The molecule has 1 amide bonds. The van der Waals surface area contributed by atoms with Crippen molar-refractivity contribution < 1.29 is 28.9 Å². The van der Waals surface area contributed by atoms with Gasteiger partial charge in [-0.05, 0) is 84.0 Å². The van der Waals surface area contributed by atoms with E-state index in [4.69, 9.17) is 14.2 Å². The van der Waals surface area contributed by atoms with Crippen molar-refractivity contribution in [2.24, 2.45) is 5.92 Å². The van der Waals surface area contributed by atoms with Gasteiger partial charge in [0.25, 0.3) is 5.78 Å². The summed E-state index contributed by atoms with van der Waals surface area (Å²) in [6.07, 6.45) is 1.55. The van der Waals surface area contributed by atoms with Crippen LogP contribution in [0.4, 0.5) is 5.13 Å². The first-order valence-corrected chi connectivity index (χ1v) is 19.0. The summed E-state index contributed by atoms with van der Waals surface area (Å²) >= 11 is 2.75. The third-order valence-corrected chi connectivity index (χ3v) is 11.1. The lowest BCUT2D eigenvalue weighted by Crippen LogP contribution is -2.29. The number of anilines is 1. The quantitative estimate of drug-likeness (QED) is 0.0445. The molecule has 7 rings (SSSR count). The minimum atomic E-state index is -0.999. The van der Waals surface area contributed by atoms with Gasteiger partial charge in [0.2, 0.25) is 5.13 Å². The van der Waals surface area contributed by atoms with Gasteiger partial charge in [0.15, 0.2) is 15.8 Å². The average molecular weight is 722 g/mol. The number of aromatic nitrogens is 2. The lowest BCUT2D eigenvalue weighted by Gasteiger charge is -2.24. The summed E-state index contributed by atoms with van der Waals surface area (Å²) in [6, 6.07) is 24.1. The summed E-state index contributed by atoms with van der Waals surface area (Å²) in [5.41, 5.74) is 3.04. The van der Waals surface area contributed by atoms with E-state index in [-0.39, 0.29) is 22.6 Å². The van der Waals surface area contributed by atoms with Crippen molar-refractivity contribution >= 4 is 56.5 Å². The number of amides is 1. The average Bonchev–Trinajstić information content (AvgIpc) is 3.82. The molecule has 1 saturated heterocycles. The van der Waals surface area contributed by atoms with E-state index in [9.17, 15) is 14.7 Å². The Bertz CT molecular complexity index is 2140. The number of thioether (sulfide) groups is 1. The van der Waals surface area contributed by atoms with Crippen LogP contribution in [0.5, 0.6) is 17.2 Å². The molecule has 0 saturated carbocycles. The summed E-state index contributed by atoms with van der Waals surface area (Å²) in [4.78, 5) is 29.3. The molecule has 5 aromatic rings. The summed E-state index contributed by atoms with van der Waals surface area (Å²) in [7, 11) is 0. The number of ether oxygens (including phenoxy) is 3. The highest BCUT2D eigenvalue weighted by Gasteiger charge is 2.48. The molecule has 1 aromatic heterocycles. The fourth-order valence-electron chi connectivity index (χ4n) is 6.47. The van der Waals surface area contributed by atoms with Crippen molar-refractivity contribution in [2.75, 3.05) is 18.1 Å². The van der Waals surface area contributed by atoms with E-state index in [1.165, 1.54) is 28.0 Å². The van der Waals surface area contributed by atoms with E-state index in [0.29, 0.717) is 58.3 Å². The highest BCUT2D eigenvalue weighted by Crippen LogP contribution is 2.46. The summed E-state index contributed by atoms with van der Waals surface area (Å²) < 4.78 is 18.6. The van der Waals surface area contributed by atoms with Crippen molar-refractivity contribution in [1.82, 2.24) is 10.2 Å². The standard InChI is InChI=1S/C40H39N3O6S2/c1-5-47-33-21-26(13-16-32(33)48-18-17-23(2)3)35-34(36(44)27-14-15-31-29(20-27)19-24(4)49-31)37(45)38(46)43(35)39-41-42-40(51-39)50-22-28-11-8-10-25-9-6-7-12-30(25)28/h6-16,20-21,23-24,35,44H,5,17-19,22H2,1-4H3/t24-,35+/m1/s1. The molecule has 11 heteroatoms. The van der Waals surface area contributed by atoms with E-state index >= 15 is 0 Å². The number of aliphatic hydroxyl groups excluding tert-OH is 1. The fraction of sp³-hybridized carbons (Fsp3) is 0.300. The molecule has 3 heterocycles. The van der Waals surface area contributed by atoms with Gasteiger partial charge >= 0.3 is 5.91 Å². The van der Waals surface area contributed by atoms with Gasteiger partial charge in [-0.15, -0.1) is 10.2 Å². The fourth-order valence-corrected chi connectivity index (χ4v) is 8.34. The number of carbonyl (C=O) groups excluding carboxylic acids is 2. The molecule has 9 nitrogen and oxygen atoms in total. The number of nitrogens with zero attached hydrogens (tertiary/aromatic N) is 3. The lowest BCUT2D eigenvalue weighted by atomic mass is 9.94. The summed E-state index contributed by atoms with van der Waals surface area (Å²) in [5, 5.41) is 23.3. The van der Waals surface area contributed by atoms with Crippen molar-refractivity contribution in [3.63, 3.8) is 0 Å². The highest BCUT2D eigenvalue weighted by atomic mass is 32.2. The van der Waals surface area contributed by atoms with Crippen LogP contribution in [0.2, 0.25) is 0 Å². The Morgan fingerprint density at radius 1 is 1.02 bits per heavy atom. The van der Waals surface area contributed by atoms with Gasteiger partial charge < -0.3 is 19.3 Å². The Balaban J connectivity index is 1.27. The van der Waals surface area contributed by atoms with Gasteiger partial charge in [-0.3, -0.25) is 14.5 Å². The van der Waals surface area contributed by atoms with Crippen LogP contribution < -0.4 is 19.1 Å². The number of benzene rings is 4. The predicted octanol–water partition coefficient (Wildman–Crippen LogP) is 8.76. The number of Topliss-reactive ketones (excluding diaryl/α,β-unsaturated/α-hetero) is 1. The molecule has 0 aliphatic carbocycles. The van der Waals surface area contributed by atoms with E-state index in [2.05, 4.69) is 48.3 Å². The van der Waals surface area contributed by atoms with Gasteiger partial charge in [0.05, 0.1) is 24.8 Å². The largest absolute Gasteiger partial charge is 0.507 e. The molecule has 2 atom stereocenters. The second kappa shape index (κ2) is 14.8. The normalized spacial score (nSPS) is 18.0. The minimum absolute atomic E-state index is 0.00585. The zero-order valence-electron chi connectivity index (χ0n) is 28.9. The molecule has 262 valence electrons. The highest BCUT2D eigenvalue weighted by molar-refractivity contribution is 8.00. The van der Waals surface area contributed by atoms with Crippen LogP contribution in [-0.4, -0.2) is 46.3 Å². The maximum atomic E-state index is 14.0. The second-order valence-electron chi connectivity index (χ2n) is 13.1. The van der Waals surface area contributed by atoms with Crippen molar-refractivity contribution in [1.29, 1.82) is 0 Å². The molecule has 0 spiro atoms. The first-order valence-electron chi connectivity index (χ1n) is 17.1. The Hall–Kier alpha value is -4.87. The third-order valence-electron chi connectivity index (χ3n) is 8.98. The smallest absolute Gasteiger partial charge is 0.301 e. The molecule has 51 heavy (non-hydrogen) atoms. The lowest BCUT2D eigenvalue weighted by molar-refractivity contribution is -0.132. The van der Waals surface area contributed by atoms with Gasteiger partial charge in [-0.25, -0.2) is 0 Å². The van der Waals surface area contributed by atoms with Gasteiger partial charge in [-0.1, -0.05) is 85.5 Å². The first-order chi connectivity index (χ1) is 24.7. The number of ketones is 1. The van der Waals surface area contributed by atoms with Crippen molar-refractivity contribution in [3.8, 4) is 17.2 Å². The number of fused-ring (bicyclic) bond motifs is 2. The molecular weight excluding hydrogens is 683 g/mol. The van der Waals surface area contributed by atoms with Crippen LogP contribution in [0.15, 0.2) is 88.8 Å². The topological polar surface area (TPSA) is 111 Å². The second-order valence-corrected chi connectivity index (χ2v) is 15.3. The first kappa shape index (κ1) is 34.6. The summed E-state index contributed by atoms with van der Waals surface area (Å²) in [5.74, 6) is 1.03. The van der Waals surface area contributed by atoms with Crippen LogP contribution in [0.25, 0.3) is 16.5 Å². The monoisotopic (exact) mass is 721 g/mol. The zero-order chi connectivity index (χ0) is 35.6. The zero-order valence-corrected chi connectivity index (χ0v) is 30.6. The van der Waals surface area contributed by atoms with Gasteiger partial charge in [0, 0.05) is 17.7 Å². The number of hydrogen-bond donors (Lipinski definition) is 1. The molecule has 1 N–H and O–H groups in total. The maximum Gasteiger partial charge on any atom is 0.301 e. The number of hydrogen-bond acceptors (Lipinski definition) is 10. The SMILES string of the molecule is CCOc1cc([C@H]2C(=C(O)c3ccc4c(c3)C[C@@H](C)O4)C(=O)C(=O)N2c2nnc(SCc3cccc4ccccc34)s2)ccc1OCCC(C)C. The molecular formula is C40H39N3O6S2. The predicted molar refractivity (Wildman–Crippen MR) is 201 cm³/mol. The molecule has 2 aliphatic heterocycles. The number of carbonyl (C=O) groups is 2. The molecule has 0 unspecified atom stereocenters. The van der Waals surface area contributed by atoms with Gasteiger partial charge in [-0.2, -0.15) is 0 Å². The minimum Gasteiger partial charge on any atom is -0.507 e. The van der Waals surface area contributed by atoms with Crippen LogP contribution in [0.1, 0.15) is 62.4 Å². The molecule has 2 aliphatic rings. The van der Waals surface area contributed by atoms with Crippen molar-refractivity contribution in [2.45, 2.75) is 62.8 Å². The molecule has 4 aromatic carbocycles. The van der Waals surface area contributed by atoms with E-state index < -0.39 is 17.7 Å². The van der Waals surface area contributed by atoms with E-state index in [1.54, 1.807) is 30.3 Å². The Morgan fingerprint density at radius 2 is 1.84 bits per heavy atom. The molecule has 0 radical (unpaired) electrons. The van der Waals surface area contributed by atoms with Gasteiger partial charge in [0.1, 0.15) is 17.6 Å².